The Balaban J connectivity index is 1.64. The second-order valence-corrected chi connectivity index (χ2v) is 5.42. The van der Waals surface area contributed by atoms with Gasteiger partial charge in [-0.25, -0.2) is 0 Å². The van der Waals surface area contributed by atoms with Crippen LogP contribution in [0, 0.1) is 0 Å². The molecule has 1 fully saturated rings. The van der Waals surface area contributed by atoms with Crippen molar-refractivity contribution in [3.63, 3.8) is 0 Å². The van der Waals surface area contributed by atoms with Gasteiger partial charge in [0.15, 0.2) is 11.5 Å². The minimum Gasteiger partial charge on any atom is -0.454 e. The van der Waals surface area contributed by atoms with Gasteiger partial charge in [-0.3, -0.25) is 4.79 Å². The smallest absolute Gasteiger partial charge is 0.397 e. The van der Waals surface area contributed by atoms with Crippen molar-refractivity contribution in [2.45, 2.75) is 30.9 Å². The van der Waals surface area contributed by atoms with Crippen molar-refractivity contribution in [3.8, 4) is 11.5 Å². The van der Waals surface area contributed by atoms with Crippen LogP contribution in [-0.2, 0) is 10.2 Å². The van der Waals surface area contributed by atoms with Gasteiger partial charge in [0.1, 0.15) is 6.42 Å². The van der Waals surface area contributed by atoms with Gasteiger partial charge in [0, 0.05) is 12.0 Å². The molecule has 0 unspecified atom stereocenters. The minimum absolute atomic E-state index is 0.175. The van der Waals surface area contributed by atoms with Crippen LogP contribution in [0.5, 0.6) is 11.5 Å². The Kier molecular flexibility index (Phi) is 3.22. The lowest BCUT2D eigenvalue weighted by Gasteiger charge is -2.17. The topological polar surface area (TPSA) is 47.6 Å². The molecule has 0 saturated heterocycles. The number of halogens is 3. The van der Waals surface area contributed by atoms with Gasteiger partial charge < -0.3 is 14.8 Å². The molecule has 21 heavy (non-hydrogen) atoms. The zero-order chi connectivity index (χ0) is 15.1. The Morgan fingerprint density at radius 2 is 1.95 bits per heavy atom. The maximum absolute atomic E-state index is 12.1. The van der Waals surface area contributed by atoms with Gasteiger partial charge in [0.25, 0.3) is 0 Å². The van der Waals surface area contributed by atoms with E-state index in [0.29, 0.717) is 11.5 Å². The highest BCUT2D eigenvalue weighted by Crippen LogP contribution is 2.49. The number of benzene rings is 1. The third-order valence-corrected chi connectivity index (χ3v) is 3.82. The summed E-state index contributed by atoms with van der Waals surface area (Å²) in [6, 6.07) is 5.50. The molecule has 3 rings (SSSR count). The Hall–Kier alpha value is -1.92. The molecule has 1 amide bonds. The molecule has 114 valence electrons. The monoisotopic (exact) mass is 301 g/mol. The number of hydrogen-bond acceptors (Lipinski definition) is 3. The molecular weight excluding hydrogens is 287 g/mol. The average Bonchev–Trinajstić information content (AvgIpc) is 3.04. The second-order valence-electron chi connectivity index (χ2n) is 5.42. The summed E-state index contributed by atoms with van der Waals surface area (Å²) >= 11 is 0. The molecule has 0 atom stereocenters. The molecule has 1 aliphatic heterocycles. The van der Waals surface area contributed by atoms with E-state index in [1.54, 1.807) is 6.07 Å². The van der Waals surface area contributed by atoms with E-state index < -0.39 is 18.5 Å². The van der Waals surface area contributed by atoms with Crippen LogP contribution in [0.3, 0.4) is 0 Å². The first-order valence-corrected chi connectivity index (χ1v) is 6.62. The Morgan fingerprint density at radius 3 is 2.62 bits per heavy atom. The predicted octanol–water partition coefficient (Wildman–Crippen LogP) is 2.52. The van der Waals surface area contributed by atoms with E-state index in [-0.39, 0.29) is 18.8 Å². The normalized spacial score (nSPS) is 18.4. The molecule has 0 spiro atoms. The van der Waals surface area contributed by atoms with Crippen molar-refractivity contribution >= 4 is 5.91 Å². The van der Waals surface area contributed by atoms with Crippen molar-refractivity contribution in [1.82, 2.24) is 5.32 Å². The first-order valence-electron chi connectivity index (χ1n) is 6.62. The molecule has 4 nitrogen and oxygen atoms in total. The SMILES string of the molecule is O=C(CC(F)(F)F)NCC1(c2ccc3c(c2)OCO3)CC1. The molecule has 1 N–H and O–H groups in total. The molecule has 0 aromatic heterocycles. The Labute approximate surface area is 119 Å². The average molecular weight is 301 g/mol. The zero-order valence-corrected chi connectivity index (χ0v) is 11.1. The molecule has 2 aliphatic rings. The highest BCUT2D eigenvalue weighted by molar-refractivity contribution is 5.76. The lowest BCUT2D eigenvalue weighted by molar-refractivity contribution is -0.153. The fourth-order valence-corrected chi connectivity index (χ4v) is 2.46. The van der Waals surface area contributed by atoms with E-state index in [1.165, 1.54) is 0 Å². The van der Waals surface area contributed by atoms with E-state index in [0.717, 1.165) is 18.4 Å². The largest absolute Gasteiger partial charge is 0.454 e. The van der Waals surface area contributed by atoms with Crippen molar-refractivity contribution in [2.24, 2.45) is 0 Å². The van der Waals surface area contributed by atoms with Crippen LogP contribution in [0.25, 0.3) is 0 Å². The van der Waals surface area contributed by atoms with Crippen LogP contribution in [0.2, 0.25) is 0 Å². The predicted molar refractivity (Wildman–Crippen MR) is 67.2 cm³/mol. The summed E-state index contributed by atoms with van der Waals surface area (Å²) in [6.07, 6.45) is -4.25. The number of alkyl halides is 3. The van der Waals surface area contributed by atoms with Crippen LogP contribution in [0.1, 0.15) is 24.8 Å². The fourth-order valence-electron chi connectivity index (χ4n) is 2.46. The van der Waals surface area contributed by atoms with Crippen molar-refractivity contribution < 1.29 is 27.4 Å². The third-order valence-electron chi connectivity index (χ3n) is 3.82. The summed E-state index contributed by atoms with van der Waals surface area (Å²) in [7, 11) is 0. The molecule has 1 saturated carbocycles. The summed E-state index contributed by atoms with van der Waals surface area (Å²) < 4.78 is 46.9. The quantitative estimate of drug-likeness (QED) is 0.929. The number of ether oxygens (including phenoxy) is 2. The lowest BCUT2D eigenvalue weighted by Crippen LogP contribution is -2.34. The highest BCUT2D eigenvalue weighted by atomic mass is 19.4. The number of carbonyl (C=O) groups excluding carboxylic acids is 1. The molecule has 0 radical (unpaired) electrons. The summed E-state index contributed by atoms with van der Waals surface area (Å²) in [6.45, 7) is 0.385. The van der Waals surface area contributed by atoms with Gasteiger partial charge in [-0.1, -0.05) is 6.07 Å². The summed E-state index contributed by atoms with van der Waals surface area (Å²) in [5, 5.41) is 2.38. The third kappa shape index (κ3) is 3.06. The number of amides is 1. The molecule has 7 heteroatoms. The minimum atomic E-state index is -4.47. The molecule has 0 bridgehead atoms. The number of rotatable bonds is 4. The van der Waals surface area contributed by atoms with E-state index in [9.17, 15) is 18.0 Å². The molecule has 1 heterocycles. The van der Waals surface area contributed by atoms with Crippen LogP contribution < -0.4 is 14.8 Å². The Morgan fingerprint density at radius 1 is 1.24 bits per heavy atom. The van der Waals surface area contributed by atoms with Gasteiger partial charge in [0.2, 0.25) is 12.7 Å². The molecule has 1 aromatic rings. The van der Waals surface area contributed by atoms with E-state index >= 15 is 0 Å². The fraction of sp³-hybridized carbons (Fsp3) is 0.500. The van der Waals surface area contributed by atoms with Crippen molar-refractivity contribution in [3.05, 3.63) is 23.8 Å². The van der Waals surface area contributed by atoms with E-state index in [1.807, 2.05) is 12.1 Å². The molecular formula is C14H14F3NO3. The van der Waals surface area contributed by atoms with Gasteiger partial charge >= 0.3 is 6.18 Å². The first-order chi connectivity index (χ1) is 9.88. The summed E-state index contributed by atoms with van der Waals surface area (Å²) in [5.41, 5.74) is 0.682. The standard InChI is InChI=1S/C14H14F3NO3/c15-14(16,17)6-12(19)18-7-13(3-4-13)9-1-2-10-11(5-9)21-8-20-10/h1-2,5H,3-4,6-8H2,(H,18,19). The highest BCUT2D eigenvalue weighted by Gasteiger charge is 2.45. The number of fused-ring (bicyclic) bond motifs is 1. The number of carbonyl (C=O) groups is 1. The van der Waals surface area contributed by atoms with Gasteiger partial charge in [0.05, 0.1) is 0 Å². The van der Waals surface area contributed by atoms with Gasteiger partial charge in [-0.2, -0.15) is 13.2 Å². The van der Waals surface area contributed by atoms with E-state index in [2.05, 4.69) is 5.32 Å². The van der Waals surface area contributed by atoms with Gasteiger partial charge in [-0.15, -0.1) is 0 Å². The maximum Gasteiger partial charge on any atom is 0.397 e. The summed E-state index contributed by atoms with van der Waals surface area (Å²) in [5.74, 6) is 0.311. The molecule has 1 aromatic carbocycles. The van der Waals surface area contributed by atoms with Crippen LogP contribution >= 0.6 is 0 Å². The molecule has 1 aliphatic carbocycles. The lowest BCUT2D eigenvalue weighted by atomic mass is 9.95. The Bertz CT molecular complexity index is 567. The first kappa shape index (κ1) is 14.0. The van der Waals surface area contributed by atoms with Gasteiger partial charge in [-0.05, 0) is 30.5 Å². The van der Waals surface area contributed by atoms with Crippen LogP contribution in [0.4, 0.5) is 13.2 Å². The number of hydrogen-bond donors (Lipinski definition) is 1. The van der Waals surface area contributed by atoms with Crippen molar-refractivity contribution in [1.29, 1.82) is 0 Å². The van der Waals surface area contributed by atoms with Crippen LogP contribution in [0.15, 0.2) is 18.2 Å². The zero-order valence-electron chi connectivity index (χ0n) is 11.1. The summed E-state index contributed by atoms with van der Waals surface area (Å²) in [4.78, 5) is 11.3. The van der Waals surface area contributed by atoms with E-state index in [4.69, 9.17) is 9.47 Å². The van der Waals surface area contributed by atoms with Crippen LogP contribution in [-0.4, -0.2) is 25.4 Å². The maximum atomic E-state index is 12.1. The van der Waals surface area contributed by atoms with Crippen molar-refractivity contribution in [2.75, 3.05) is 13.3 Å². The number of nitrogens with one attached hydrogen (secondary N) is 1. The second kappa shape index (κ2) is 4.82.